The summed E-state index contributed by atoms with van der Waals surface area (Å²) >= 11 is 0. The van der Waals surface area contributed by atoms with Gasteiger partial charge in [0.15, 0.2) is 0 Å². The summed E-state index contributed by atoms with van der Waals surface area (Å²) in [5.74, 6) is 1.43. The van der Waals surface area contributed by atoms with E-state index in [4.69, 9.17) is 15.0 Å². The molecule has 0 aliphatic rings. The zero-order valence-electron chi connectivity index (χ0n) is 45.5. The van der Waals surface area contributed by atoms with Gasteiger partial charge in [0.2, 0.25) is 17.8 Å². The third-order valence-electron chi connectivity index (χ3n) is 16.0. The van der Waals surface area contributed by atoms with Gasteiger partial charge < -0.3 is 14.7 Å². The van der Waals surface area contributed by atoms with Crippen molar-refractivity contribution in [1.82, 2.24) is 28.7 Å². The Bertz CT molecular complexity index is 4740. The Kier molecular flexibility index (Phi) is 11.6. The van der Waals surface area contributed by atoms with Crippen LogP contribution in [0.3, 0.4) is 0 Å². The molecule has 9 nitrogen and oxygen atoms in total. The molecular formula is C75H51N9. The van der Waals surface area contributed by atoms with Gasteiger partial charge in [0.1, 0.15) is 0 Å². The summed E-state index contributed by atoms with van der Waals surface area (Å²) in [6.45, 7) is 0. The molecule has 0 saturated heterocycles. The van der Waals surface area contributed by atoms with E-state index < -0.39 is 0 Å². The minimum absolute atomic E-state index is 0.475. The molecule has 0 spiro atoms. The van der Waals surface area contributed by atoms with Crippen LogP contribution >= 0.6 is 0 Å². The number of rotatable bonds is 12. The normalized spacial score (nSPS) is 11.6. The van der Waals surface area contributed by atoms with Crippen LogP contribution in [0, 0.1) is 0 Å². The van der Waals surface area contributed by atoms with Crippen LogP contribution in [-0.2, 0) is 0 Å². The van der Waals surface area contributed by atoms with Crippen LogP contribution in [0.1, 0.15) is 0 Å². The molecule has 12 aromatic carbocycles. The highest BCUT2D eigenvalue weighted by Crippen LogP contribution is 2.44. The van der Waals surface area contributed by atoms with Gasteiger partial charge in [0.05, 0.1) is 33.1 Å². The largest absolute Gasteiger partial charge is 0.310 e. The molecule has 396 valence electrons. The van der Waals surface area contributed by atoms with Crippen molar-refractivity contribution < 1.29 is 0 Å². The van der Waals surface area contributed by atoms with Crippen LogP contribution < -0.4 is 14.7 Å². The summed E-state index contributed by atoms with van der Waals surface area (Å²) in [5.41, 5.74) is 15.1. The van der Waals surface area contributed by atoms with Crippen molar-refractivity contribution in [3.05, 3.63) is 309 Å². The van der Waals surface area contributed by atoms with Crippen molar-refractivity contribution in [2.24, 2.45) is 0 Å². The number of benzene rings is 12. The van der Waals surface area contributed by atoms with Gasteiger partial charge in [-0.3, -0.25) is 13.7 Å². The maximum atomic E-state index is 5.73. The Morgan fingerprint density at radius 2 is 0.417 bits per heavy atom. The predicted octanol–water partition coefficient (Wildman–Crippen LogP) is 19.6. The molecule has 84 heavy (non-hydrogen) atoms. The van der Waals surface area contributed by atoms with Crippen LogP contribution in [0.4, 0.5) is 51.2 Å². The average molecular weight is 1080 g/mol. The lowest BCUT2D eigenvalue weighted by atomic mass is 10.1. The molecule has 0 aliphatic carbocycles. The minimum Gasteiger partial charge on any atom is -0.310 e. The van der Waals surface area contributed by atoms with Crippen LogP contribution in [0.25, 0.3) is 83.3 Å². The molecule has 0 bridgehead atoms. The first-order valence-corrected chi connectivity index (χ1v) is 28.3. The molecule has 4 heterocycles. The van der Waals surface area contributed by atoms with E-state index in [2.05, 4.69) is 338 Å². The van der Waals surface area contributed by atoms with Crippen molar-refractivity contribution in [3.8, 4) is 17.8 Å². The first-order valence-electron chi connectivity index (χ1n) is 28.3. The number of hydrogen-bond acceptors (Lipinski definition) is 6. The first-order chi connectivity index (χ1) is 41.7. The topological polar surface area (TPSA) is 63.2 Å². The monoisotopic (exact) mass is 1080 g/mol. The summed E-state index contributed by atoms with van der Waals surface area (Å²) in [6.07, 6.45) is 0. The maximum absolute atomic E-state index is 5.73. The zero-order chi connectivity index (χ0) is 55.5. The van der Waals surface area contributed by atoms with Crippen LogP contribution in [-0.4, -0.2) is 28.7 Å². The summed E-state index contributed by atoms with van der Waals surface area (Å²) in [7, 11) is 0. The molecule has 0 unspecified atom stereocenters. The molecule has 0 aliphatic heterocycles. The van der Waals surface area contributed by atoms with Crippen LogP contribution in [0.15, 0.2) is 309 Å². The van der Waals surface area contributed by atoms with Gasteiger partial charge in [-0.2, -0.15) is 15.0 Å². The SMILES string of the molecule is c1ccc(N(c2ccccc2)c2ccc3c(c2)c2ccccc2n3-c2nc(-n3c4ccccc4c4ccc(N(c5ccccc5)c5ccccc5)cc43)nc(-n3c4ccccc4c4ccc(N(c5ccccc5)c5ccccc5)cc43)n2)cc1. The number of para-hydroxylation sites is 9. The molecule has 9 heteroatoms. The Morgan fingerprint density at radius 3 is 0.750 bits per heavy atom. The van der Waals surface area contributed by atoms with Crippen molar-refractivity contribution in [3.63, 3.8) is 0 Å². The lowest BCUT2D eigenvalue weighted by molar-refractivity contribution is 0.848. The summed E-state index contributed by atoms with van der Waals surface area (Å²) in [4.78, 5) is 24.1. The van der Waals surface area contributed by atoms with E-state index in [0.29, 0.717) is 17.8 Å². The molecule has 0 amide bonds. The standard InChI is InChI=1S/C75H51N9/c1-7-25-52(26-8-1)79(53-27-9-2-10-28-53)58-45-48-70-66(49-58)63-39-21-24-42-69(63)82(70)73-76-74(83-67-40-22-19-37-61(67)64-46-43-59(50-71(64)83)80(54-29-11-3-12-30-54)55-31-13-4-14-32-55)78-75(77-73)84-68-41-23-20-38-62(68)65-47-44-60(51-72(65)84)81(56-33-15-5-16-34-56)57-35-17-6-18-36-57/h1-51H. The van der Waals surface area contributed by atoms with Gasteiger partial charge in [-0.25, -0.2) is 0 Å². The molecule has 0 atom stereocenters. The molecule has 0 saturated carbocycles. The van der Waals surface area contributed by atoms with Gasteiger partial charge in [0, 0.05) is 83.5 Å². The predicted molar refractivity (Wildman–Crippen MR) is 347 cm³/mol. The lowest BCUT2D eigenvalue weighted by Crippen LogP contribution is -2.14. The molecule has 0 radical (unpaired) electrons. The molecule has 4 aromatic heterocycles. The zero-order valence-corrected chi connectivity index (χ0v) is 45.5. The Hall–Kier alpha value is -11.6. The molecule has 16 aromatic rings. The average Bonchev–Trinajstić information content (AvgIpc) is 2.80. The van der Waals surface area contributed by atoms with Gasteiger partial charge in [-0.1, -0.05) is 176 Å². The van der Waals surface area contributed by atoms with Gasteiger partial charge in [-0.15, -0.1) is 0 Å². The van der Waals surface area contributed by atoms with Crippen LogP contribution in [0.5, 0.6) is 0 Å². The highest BCUT2D eigenvalue weighted by molar-refractivity contribution is 6.13. The Morgan fingerprint density at radius 1 is 0.179 bits per heavy atom. The lowest BCUT2D eigenvalue weighted by Gasteiger charge is -2.25. The van der Waals surface area contributed by atoms with E-state index in [1.165, 1.54) is 0 Å². The molecular weight excluding hydrogens is 1030 g/mol. The van der Waals surface area contributed by atoms with Crippen molar-refractivity contribution in [1.29, 1.82) is 0 Å². The fraction of sp³-hybridized carbons (Fsp3) is 0. The molecule has 16 rings (SSSR count). The smallest absolute Gasteiger partial charge is 0.241 e. The second-order valence-electron chi connectivity index (χ2n) is 20.9. The van der Waals surface area contributed by atoms with E-state index in [1.807, 2.05) is 0 Å². The van der Waals surface area contributed by atoms with Crippen molar-refractivity contribution >= 4 is 117 Å². The number of aromatic nitrogens is 6. The van der Waals surface area contributed by atoms with E-state index >= 15 is 0 Å². The van der Waals surface area contributed by atoms with Gasteiger partial charge in [0.25, 0.3) is 0 Å². The summed E-state index contributed by atoms with van der Waals surface area (Å²) in [6, 6.07) is 109. The highest BCUT2D eigenvalue weighted by atomic mass is 15.3. The Balaban J connectivity index is 0.986. The van der Waals surface area contributed by atoms with Crippen molar-refractivity contribution in [2.75, 3.05) is 14.7 Å². The van der Waals surface area contributed by atoms with Crippen molar-refractivity contribution in [2.45, 2.75) is 0 Å². The fourth-order valence-electron chi connectivity index (χ4n) is 12.4. The third kappa shape index (κ3) is 8.13. The fourth-order valence-corrected chi connectivity index (χ4v) is 12.4. The van der Waals surface area contributed by atoms with E-state index in [9.17, 15) is 0 Å². The van der Waals surface area contributed by atoms with E-state index in [0.717, 1.165) is 117 Å². The highest BCUT2D eigenvalue weighted by Gasteiger charge is 2.26. The number of nitrogens with zero attached hydrogens (tertiary/aromatic N) is 9. The maximum Gasteiger partial charge on any atom is 0.241 e. The minimum atomic E-state index is 0.475. The van der Waals surface area contributed by atoms with Crippen LogP contribution in [0.2, 0.25) is 0 Å². The molecule has 0 N–H and O–H groups in total. The summed E-state index contributed by atoms with van der Waals surface area (Å²) < 4.78 is 6.68. The van der Waals surface area contributed by atoms with Gasteiger partial charge >= 0.3 is 0 Å². The first kappa shape index (κ1) is 48.4. The van der Waals surface area contributed by atoms with E-state index in [-0.39, 0.29) is 0 Å². The van der Waals surface area contributed by atoms with Gasteiger partial charge in [-0.05, 0) is 133 Å². The second-order valence-corrected chi connectivity index (χ2v) is 20.9. The van der Waals surface area contributed by atoms with E-state index in [1.54, 1.807) is 0 Å². The summed E-state index contributed by atoms with van der Waals surface area (Å²) in [5, 5.41) is 6.47. The third-order valence-corrected chi connectivity index (χ3v) is 16.0. The second kappa shape index (κ2) is 20.2. The quantitative estimate of drug-likeness (QED) is 0.121. The molecule has 0 fully saturated rings. The number of fused-ring (bicyclic) bond motifs is 9. The number of anilines is 9. The number of hydrogen-bond donors (Lipinski definition) is 0. The Labute approximate surface area is 484 Å².